The van der Waals surface area contributed by atoms with Gasteiger partial charge in [0.05, 0.1) is 13.2 Å². The van der Waals surface area contributed by atoms with Crippen molar-refractivity contribution in [2.75, 3.05) is 13.2 Å². The number of hydrogen-bond donors (Lipinski definition) is 0. The van der Waals surface area contributed by atoms with Crippen molar-refractivity contribution in [3.8, 4) is 5.88 Å². The van der Waals surface area contributed by atoms with Gasteiger partial charge in [-0.05, 0) is 12.8 Å². The van der Waals surface area contributed by atoms with Crippen LogP contribution in [0.1, 0.15) is 37.2 Å². The molecule has 5 nitrogen and oxygen atoms in total. The summed E-state index contributed by atoms with van der Waals surface area (Å²) in [5, 5.41) is 0. The molecule has 88 valence electrons. The van der Waals surface area contributed by atoms with E-state index in [0.717, 1.165) is 12.8 Å². The highest BCUT2D eigenvalue weighted by atomic mass is 16.5. The zero-order valence-corrected chi connectivity index (χ0v) is 9.60. The van der Waals surface area contributed by atoms with Gasteiger partial charge in [0.2, 0.25) is 11.6 Å². The minimum Gasteiger partial charge on any atom is -0.476 e. The van der Waals surface area contributed by atoms with Crippen LogP contribution >= 0.6 is 0 Å². The molecule has 0 atom stereocenters. The molecule has 16 heavy (non-hydrogen) atoms. The molecule has 1 aromatic heterocycles. The zero-order valence-electron chi connectivity index (χ0n) is 9.60. The highest BCUT2D eigenvalue weighted by molar-refractivity contribution is 5.89. The molecule has 0 aliphatic heterocycles. The second kappa shape index (κ2) is 6.76. The van der Waals surface area contributed by atoms with Crippen LogP contribution in [0.15, 0.2) is 12.4 Å². The lowest BCUT2D eigenvalue weighted by molar-refractivity contribution is 0.0492. The van der Waals surface area contributed by atoms with Crippen LogP contribution in [-0.4, -0.2) is 29.2 Å². The molecule has 0 fully saturated rings. The summed E-state index contributed by atoms with van der Waals surface area (Å²) < 4.78 is 10.3. The van der Waals surface area contributed by atoms with Crippen molar-refractivity contribution < 1.29 is 14.3 Å². The quantitative estimate of drug-likeness (QED) is 0.690. The van der Waals surface area contributed by atoms with Crippen molar-refractivity contribution in [1.29, 1.82) is 0 Å². The average molecular weight is 224 g/mol. The highest BCUT2D eigenvalue weighted by Gasteiger charge is 2.16. The zero-order chi connectivity index (χ0) is 11.8. The van der Waals surface area contributed by atoms with Crippen molar-refractivity contribution in [1.82, 2.24) is 9.97 Å². The highest BCUT2D eigenvalue weighted by Crippen LogP contribution is 2.12. The van der Waals surface area contributed by atoms with E-state index in [2.05, 4.69) is 9.97 Å². The Kier molecular flexibility index (Phi) is 5.25. The Morgan fingerprint density at radius 2 is 1.88 bits per heavy atom. The van der Waals surface area contributed by atoms with Gasteiger partial charge in [-0.15, -0.1) is 0 Å². The molecule has 1 heterocycles. The topological polar surface area (TPSA) is 61.3 Å². The number of ether oxygens (including phenoxy) is 2. The Morgan fingerprint density at radius 3 is 2.56 bits per heavy atom. The van der Waals surface area contributed by atoms with E-state index in [1.54, 1.807) is 0 Å². The summed E-state index contributed by atoms with van der Waals surface area (Å²) in [6.07, 6.45) is 4.56. The third-order valence-corrected chi connectivity index (χ3v) is 1.74. The first-order chi connectivity index (χ1) is 7.79. The Bertz CT molecular complexity index is 342. The van der Waals surface area contributed by atoms with Crippen LogP contribution in [0.5, 0.6) is 5.88 Å². The van der Waals surface area contributed by atoms with E-state index in [1.807, 2.05) is 13.8 Å². The Labute approximate surface area is 94.8 Å². The van der Waals surface area contributed by atoms with E-state index < -0.39 is 5.97 Å². The van der Waals surface area contributed by atoms with Crippen molar-refractivity contribution in [2.24, 2.45) is 0 Å². The van der Waals surface area contributed by atoms with Gasteiger partial charge in [-0.1, -0.05) is 13.8 Å². The Hall–Kier alpha value is -1.65. The summed E-state index contributed by atoms with van der Waals surface area (Å²) in [5.74, 6) is -0.244. The Balaban J connectivity index is 2.73. The molecule has 0 aliphatic carbocycles. The van der Waals surface area contributed by atoms with Gasteiger partial charge >= 0.3 is 5.97 Å². The van der Waals surface area contributed by atoms with Crippen molar-refractivity contribution in [3.05, 3.63) is 18.1 Å². The summed E-state index contributed by atoms with van der Waals surface area (Å²) in [4.78, 5) is 19.5. The van der Waals surface area contributed by atoms with E-state index >= 15 is 0 Å². The fourth-order valence-electron chi connectivity index (χ4n) is 1.03. The first-order valence-electron chi connectivity index (χ1n) is 5.40. The fourth-order valence-corrected chi connectivity index (χ4v) is 1.03. The predicted molar refractivity (Wildman–Crippen MR) is 58.4 cm³/mol. The van der Waals surface area contributed by atoms with E-state index in [4.69, 9.17) is 9.47 Å². The smallest absolute Gasteiger partial charge is 0.362 e. The second-order valence-corrected chi connectivity index (χ2v) is 3.19. The first kappa shape index (κ1) is 12.4. The molecular weight excluding hydrogens is 208 g/mol. The predicted octanol–water partition coefficient (Wildman–Crippen LogP) is 1.83. The number of nitrogens with zero attached hydrogens (tertiary/aromatic N) is 2. The molecule has 0 bridgehead atoms. The first-order valence-corrected chi connectivity index (χ1v) is 5.40. The molecule has 1 aromatic rings. The van der Waals surface area contributed by atoms with E-state index in [9.17, 15) is 4.79 Å². The van der Waals surface area contributed by atoms with E-state index in [1.165, 1.54) is 12.4 Å². The van der Waals surface area contributed by atoms with Crippen LogP contribution in [0.4, 0.5) is 0 Å². The van der Waals surface area contributed by atoms with Gasteiger partial charge in [0.25, 0.3) is 0 Å². The van der Waals surface area contributed by atoms with Crippen molar-refractivity contribution in [3.63, 3.8) is 0 Å². The van der Waals surface area contributed by atoms with Gasteiger partial charge in [0.15, 0.2) is 0 Å². The van der Waals surface area contributed by atoms with Gasteiger partial charge in [0.1, 0.15) is 0 Å². The van der Waals surface area contributed by atoms with Crippen LogP contribution in [0.2, 0.25) is 0 Å². The van der Waals surface area contributed by atoms with Gasteiger partial charge in [-0.2, -0.15) is 0 Å². The number of rotatable bonds is 6. The number of hydrogen-bond acceptors (Lipinski definition) is 5. The summed E-state index contributed by atoms with van der Waals surface area (Å²) in [6, 6.07) is 0. The summed E-state index contributed by atoms with van der Waals surface area (Å²) in [6.45, 7) is 4.79. The monoisotopic (exact) mass is 224 g/mol. The maximum atomic E-state index is 11.6. The molecular formula is C11H16N2O3. The fraction of sp³-hybridized carbons (Fsp3) is 0.545. The molecule has 0 amide bonds. The molecule has 5 heteroatoms. The SMILES string of the molecule is CCCOC(=O)c1nccnc1OCCC. The third kappa shape index (κ3) is 3.49. The number of carbonyl (C=O) groups is 1. The average Bonchev–Trinajstić information content (AvgIpc) is 2.33. The standard InChI is InChI=1S/C11H16N2O3/c1-3-7-15-10-9(12-5-6-13-10)11(14)16-8-4-2/h5-6H,3-4,7-8H2,1-2H3. The molecule has 0 spiro atoms. The van der Waals surface area contributed by atoms with Crippen LogP contribution in [0, 0.1) is 0 Å². The summed E-state index contributed by atoms with van der Waals surface area (Å²) >= 11 is 0. The lowest BCUT2D eigenvalue weighted by atomic mass is 10.4. The lowest BCUT2D eigenvalue weighted by Gasteiger charge is -2.07. The molecule has 0 saturated heterocycles. The molecule has 0 saturated carbocycles. The van der Waals surface area contributed by atoms with Gasteiger partial charge in [-0.25, -0.2) is 14.8 Å². The third-order valence-electron chi connectivity index (χ3n) is 1.74. The summed E-state index contributed by atoms with van der Waals surface area (Å²) in [7, 11) is 0. The molecule has 0 N–H and O–H groups in total. The van der Waals surface area contributed by atoms with Crippen LogP contribution in [-0.2, 0) is 4.74 Å². The maximum absolute atomic E-state index is 11.6. The molecule has 0 unspecified atom stereocenters. The minimum atomic E-state index is -0.485. The number of esters is 1. The van der Waals surface area contributed by atoms with Gasteiger partial charge in [-0.3, -0.25) is 0 Å². The molecule has 0 radical (unpaired) electrons. The van der Waals surface area contributed by atoms with Crippen LogP contribution < -0.4 is 4.74 Å². The van der Waals surface area contributed by atoms with Crippen LogP contribution in [0.25, 0.3) is 0 Å². The lowest BCUT2D eigenvalue weighted by Crippen LogP contribution is -2.12. The van der Waals surface area contributed by atoms with Crippen molar-refractivity contribution in [2.45, 2.75) is 26.7 Å². The maximum Gasteiger partial charge on any atom is 0.362 e. The van der Waals surface area contributed by atoms with Gasteiger partial charge in [0, 0.05) is 12.4 Å². The number of aromatic nitrogens is 2. The second-order valence-electron chi connectivity index (χ2n) is 3.19. The summed E-state index contributed by atoms with van der Waals surface area (Å²) in [5.41, 5.74) is 0.143. The Morgan fingerprint density at radius 1 is 1.19 bits per heavy atom. The minimum absolute atomic E-state index is 0.143. The van der Waals surface area contributed by atoms with Crippen molar-refractivity contribution >= 4 is 5.97 Å². The number of carbonyl (C=O) groups excluding carboxylic acids is 1. The normalized spacial score (nSPS) is 9.88. The van der Waals surface area contributed by atoms with E-state index in [0.29, 0.717) is 13.2 Å². The molecule has 0 aliphatic rings. The van der Waals surface area contributed by atoms with Gasteiger partial charge < -0.3 is 9.47 Å². The van der Waals surface area contributed by atoms with E-state index in [-0.39, 0.29) is 11.6 Å². The molecule has 0 aromatic carbocycles. The molecule has 1 rings (SSSR count). The van der Waals surface area contributed by atoms with Crippen LogP contribution in [0.3, 0.4) is 0 Å². The largest absolute Gasteiger partial charge is 0.476 e.